The third kappa shape index (κ3) is 4.22. The molecule has 0 spiro atoms. The molecule has 0 aliphatic carbocycles. The van der Waals surface area contributed by atoms with Gasteiger partial charge in [0.15, 0.2) is 0 Å². The summed E-state index contributed by atoms with van der Waals surface area (Å²) in [6, 6.07) is 7.36. The number of piperidine rings is 1. The zero-order valence-electron chi connectivity index (χ0n) is 14.3. The summed E-state index contributed by atoms with van der Waals surface area (Å²) in [6.45, 7) is 2.84. The summed E-state index contributed by atoms with van der Waals surface area (Å²) in [7, 11) is 1.76. The normalized spacial score (nSPS) is 18.8. The molecule has 1 aliphatic heterocycles. The Balaban J connectivity index is 1.65. The summed E-state index contributed by atoms with van der Waals surface area (Å²) in [5, 5.41) is 4.34. The van der Waals surface area contributed by atoms with Crippen LogP contribution >= 0.6 is 0 Å². The third-order valence-electron chi connectivity index (χ3n) is 4.76. The molecule has 1 aliphatic rings. The van der Waals surface area contributed by atoms with Gasteiger partial charge >= 0.3 is 0 Å². The van der Waals surface area contributed by atoms with Gasteiger partial charge in [-0.1, -0.05) is 18.6 Å². The van der Waals surface area contributed by atoms with Crippen molar-refractivity contribution in [2.45, 2.75) is 44.7 Å². The number of halogens is 1. The van der Waals surface area contributed by atoms with Crippen LogP contribution in [0.1, 0.15) is 37.7 Å². The van der Waals surface area contributed by atoms with Crippen molar-refractivity contribution in [1.29, 1.82) is 0 Å². The Labute approximate surface area is 143 Å². The maximum Gasteiger partial charge on any atom is 0.148 e. The molecular formula is C19H26FN3O. The second kappa shape index (κ2) is 8.40. The molecule has 0 N–H and O–H groups in total. The van der Waals surface area contributed by atoms with Crippen LogP contribution < -0.4 is 0 Å². The molecule has 1 fully saturated rings. The van der Waals surface area contributed by atoms with E-state index < -0.39 is 0 Å². The van der Waals surface area contributed by atoms with Crippen LogP contribution in [0.3, 0.4) is 0 Å². The minimum Gasteiger partial charge on any atom is -0.385 e. The number of aromatic nitrogens is 2. The van der Waals surface area contributed by atoms with E-state index in [0.717, 1.165) is 31.7 Å². The number of rotatable bonds is 7. The Morgan fingerprint density at radius 1 is 1.29 bits per heavy atom. The van der Waals surface area contributed by atoms with E-state index in [1.165, 1.54) is 31.7 Å². The zero-order valence-corrected chi connectivity index (χ0v) is 14.3. The van der Waals surface area contributed by atoms with E-state index >= 15 is 0 Å². The van der Waals surface area contributed by atoms with Crippen molar-refractivity contribution in [3.05, 3.63) is 48.0 Å². The van der Waals surface area contributed by atoms with Crippen LogP contribution in [-0.2, 0) is 11.3 Å². The van der Waals surface area contributed by atoms with Crippen molar-refractivity contribution in [2.75, 3.05) is 20.3 Å². The molecule has 0 saturated carbocycles. The van der Waals surface area contributed by atoms with E-state index in [1.54, 1.807) is 23.9 Å². The summed E-state index contributed by atoms with van der Waals surface area (Å²) >= 11 is 0. The van der Waals surface area contributed by atoms with Crippen molar-refractivity contribution < 1.29 is 9.13 Å². The molecule has 0 radical (unpaired) electrons. The largest absolute Gasteiger partial charge is 0.385 e. The minimum absolute atomic E-state index is 0.248. The fraction of sp³-hybridized carbons (Fsp3) is 0.526. The predicted molar refractivity (Wildman–Crippen MR) is 92.7 cm³/mol. The molecule has 1 aromatic heterocycles. The van der Waals surface area contributed by atoms with Gasteiger partial charge in [-0.3, -0.25) is 4.90 Å². The van der Waals surface area contributed by atoms with Gasteiger partial charge in [0.1, 0.15) is 11.5 Å². The fourth-order valence-corrected chi connectivity index (χ4v) is 3.50. The zero-order chi connectivity index (χ0) is 16.8. The molecule has 3 rings (SSSR count). The Morgan fingerprint density at radius 2 is 2.17 bits per heavy atom. The van der Waals surface area contributed by atoms with E-state index in [1.807, 2.05) is 18.5 Å². The van der Waals surface area contributed by atoms with Crippen LogP contribution in [0.15, 0.2) is 36.7 Å². The smallest absolute Gasteiger partial charge is 0.148 e. The summed E-state index contributed by atoms with van der Waals surface area (Å²) in [4.78, 5) is 2.54. The highest BCUT2D eigenvalue weighted by Gasteiger charge is 2.22. The number of para-hydroxylation sites is 1. The monoisotopic (exact) mass is 331 g/mol. The van der Waals surface area contributed by atoms with Crippen LogP contribution in [0.5, 0.6) is 0 Å². The van der Waals surface area contributed by atoms with Gasteiger partial charge < -0.3 is 4.74 Å². The van der Waals surface area contributed by atoms with E-state index in [9.17, 15) is 4.39 Å². The van der Waals surface area contributed by atoms with E-state index in [0.29, 0.717) is 11.7 Å². The van der Waals surface area contributed by atoms with Gasteiger partial charge in [-0.05, 0) is 44.4 Å². The molecule has 4 nitrogen and oxygen atoms in total. The van der Waals surface area contributed by atoms with Crippen molar-refractivity contribution in [2.24, 2.45) is 0 Å². The fourth-order valence-electron chi connectivity index (χ4n) is 3.50. The van der Waals surface area contributed by atoms with Gasteiger partial charge in [0.2, 0.25) is 0 Å². The molecule has 1 unspecified atom stereocenters. The van der Waals surface area contributed by atoms with E-state index in [4.69, 9.17) is 4.74 Å². The molecule has 0 amide bonds. The maximum atomic E-state index is 13.9. The van der Waals surface area contributed by atoms with Crippen molar-refractivity contribution in [3.63, 3.8) is 0 Å². The first-order valence-corrected chi connectivity index (χ1v) is 8.79. The van der Waals surface area contributed by atoms with Gasteiger partial charge in [-0.25, -0.2) is 9.07 Å². The van der Waals surface area contributed by atoms with Crippen molar-refractivity contribution >= 4 is 0 Å². The highest BCUT2D eigenvalue weighted by Crippen LogP contribution is 2.23. The van der Waals surface area contributed by atoms with Crippen LogP contribution in [0.4, 0.5) is 4.39 Å². The number of nitrogens with zero attached hydrogens (tertiary/aromatic N) is 3. The van der Waals surface area contributed by atoms with Gasteiger partial charge in [0, 0.05) is 38.1 Å². The lowest BCUT2D eigenvalue weighted by molar-refractivity contribution is 0.116. The lowest BCUT2D eigenvalue weighted by atomic mass is 9.97. The minimum atomic E-state index is -0.248. The molecule has 0 bridgehead atoms. The predicted octanol–water partition coefficient (Wildman–Crippen LogP) is 3.79. The third-order valence-corrected chi connectivity index (χ3v) is 4.76. The highest BCUT2D eigenvalue weighted by molar-refractivity contribution is 5.32. The Morgan fingerprint density at radius 3 is 3.00 bits per heavy atom. The molecule has 5 heteroatoms. The lowest BCUT2D eigenvalue weighted by Gasteiger charge is -2.35. The van der Waals surface area contributed by atoms with Crippen LogP contribution in [-0.4, -0.2) is 41.0 Å². The standard InChI is InChI=1S/C19H26FN3O/c1-24-12-6-8-17-7-4-5-11-22(17)14-16-13-21-23(15-16)19-10-3-2-9-18(19)20/h2-3,9-10,13,15,17H,4-8,11-12,14H2,1H3. The van der Waals surface area contributed by atoms with E-state index in [-0.39, 0.29) is 5.82 Å². The Kier molecular flexibility index (Phi) is 5.99. The number of hydrogen-bond donors (Lipinski definition) is 0. The second-order valence-corrected chi connectivity index (χ2v) is 6.50. The summed E-state index contributed by atoms with van der Waals surface area (Å²) in [6.07, 6.45) is 9.89. The molecule has 1 saturated heterocycles. The average Bonchev–Trinajstić information content (AvgIpc) is 3.05. The first kappa shape index (κ1) is 17.1. The van der Waals surface area contributed by atoms with Crippen molar-refractivity contribution in [1.82, 2.24) is 14.7 Å². The molecule has 2 aromatic rings. The molecule has 2 heterocycles. The number of ether oxygens (including phenoxy) is 1. The molecule has 24 heavy (non-hydrogen) atoms. The summed E-state index contributed by atoms with van der Waals surface area (Å²) in [5.74, 6) is -0.248. The van der Waals surface area contributed by atoms with Gasteiger partial charge in [-0.15, -0.1) is 0 Å². The number of hydrogen-bond acceptors (Lipinski definition) is 3. The Hall–Kier alpha value is -1.72. The number of methoxy groups -OCH3 is 1. The second-order valence-electron chi connectivity index (χ2n) is 6.50. The number of benzene rings is 1. The van der Waals surface area contributed by atoms with Crippen molar-refractivity contribution in [3.8, 4) is 5.69 Å². The first-order valence-electron chi connectivity index (χ1n) is 8.79. The molecule has 1 aromatic carbocycles. The lowest BCUT2D eigenvalue weighted by Crippen LogP contribution is -2.38. The van der Waals surface area contributed by atoms with Gasteiger partial charge in [0.05, 0.1) is 6.20 Å². The van der Waals surface area contributed by atoms with E-state index in [2.05, 4.69) is 10.00 Å². The first-order chi connectivity index (χ1) is 11.8. The van der Waals surface area contributed by atoms with Crippen LogP contribution in [0, 0.1) is 5.82 Å². The van der Waals surface area contributed by atoms with Crippen LogP contribution in [0.25, 0.3) is 5.69 Å². The topological polar surface area (TPSA) is 30.3 Å². The molecule has 130 valence electrons. The molecular weight excluding hydrogens is 305 g/mol. The van der Waals surface area contributed by atoms with Gasteiger partial charge in [-0.2, -0.15) is 5.10 Å². The Bertz CT molecular complexity index is 643. The van der Waals surface area contributed by atoms with Gasteiger partial charge in [0.25, 0.3) is 0 Å². The molecule has 1 atom stereocenters. The summed E-state index contributed by atoms with van der Waals surface area (Å²) < 4.78 is 20.7. The average molecular weight is 331 g/mol. The number of likely N-dealkylation sites (tertiary alicyclic amines) is 1. The summed E-state index contributed by atoms with van der Waals surface area (Å²) in [5.41, 5.74) is 1.64. The highest BCUT2D eigenvalue weighted by atomic mass is 19.1. The maximum absolute atomic E-state index is 13.9. The quantitative estimate of drug-likeness (QED) is 0.723. The SMILES string of the molecule is COCCCC1CCCCN1Cc1cnn(-c2ccccc2F)c1. The van der Waals surface area contributed by atoms with Crippen LogP contribution in [0.2, 0.25) is 0 Å².